The van der Waals surface area contributed by atoms with Crippen LogP contribution in [0.1, 0.15) is 29.1 Å². The topological polar surface area (TPSA) is 76.5 Å². The maximum atomic E-state index is 14.9. The first kappa shape index (κ1) is 18.3. The van der Waals surface area contributed by atoms with Crippen LogP contribution in [0.5, 0.6) is 0 Å². The van der Waals surface area contributed by atoms with Gasteiger partial charge in [0, 0.05) is 18.7 Å². The van der Waals surface area contributed by atoms with Gasteiger partial charge >= 0.3 is 0 Å². The van der Waals surface area contributed by atoms with Crippen molar-refractivity contribution in [2.45, 2.75) is 37.3 Å². The van der Waals surface area contributed by atoms with E-state index < -0.39 is 23.9 Å². The lowest BCUT2D eigenvalue weighted by molar-refractivity contribution is -0.0588. The number of nitrogens with two attached hydrogens (primary N) is 1. The number of carbonyl (C=O) groups is 1. The summed E-state index contributed by atoms with van der Waals surface area (Å²) in [7, 11) is 0. The van der Waals surface area contributed by atoms with E-state index in [4.69, 9.17) is 17.3 Å². The number of carbonyl (C=O) groups excluding carboxylic acids is 1. The van der Waals surface area contributed by atoms with Crippen molar-refractivity contribution in [1.29, 1.82) is 0 Å². The van der Waals surface area contributed by atoms with Crippen molar-refractivity contribution < 1.29 is 13.6 Å². The highest BCUT2D eigenvalue weighted by molar-refractivity contribution is 7.17. The van der Waals surface area contributed by atoms with Gasteiger partial charge in [-0.3, -0.25) is 9.69 Å². The number of hydrogen-bond acceptors (Lipinski definition) is 5. The molecule has 0 radical (unpaired) electrons. The number of alkyl halides is 2. The molecule has 3 aromatic heterocycles. The Bertz CT molecular complexity index is 991. The van der Waals surface area contributed by atoms with Gasteiger partial charge in [0.15, 0.2) is 5.01 Å². The Morgan fingerprint density at radius 3 is 2.93 bits per heavy atom. The van der Waals surface area contributed by atoms with E-state index in [-0.39, 0.29) is 17.1 Å². The van der Waals surface area contributed by atoms with Crippen LogP contribution in [-0.4, -0.2) is 38.5 Å². The fourth-order valence-electron chi connectivity index (χ4n) is 3.52. The molecule has 0 saturated heterocycles. The average Bonchev–Trinajstić information content (AvgIpc) is 3.24. The van der Waals surface area contributed by atoms with Gasteiger partial charge in [0.1, 0.15) is 10.4 Å². The fraction of sp³-hybridized carbons (Fsp3) is 0.353. The van der Waals surface area contributed by atoms with Crippen LogP contribution in [0.15, 0.2) is 36.8 Å². The van der Waals surface area contributed by atoms with Gasteiger partial charge in [-0.15, -0.1) is 0 Å². The van der Waals surface area contributed by atoms with Crippen molar-refractivity contribution in [3.8, 4) is 0 Å². The molecule has 0 bridgehead atoms. The van der Waals surface area contributed by atoms with Crippen LogP contribution in [0.2, 0.25) is 4.34 Å². The van der Waals surface area contributed by atoms with Crippen molar-refractivity contribution in [2.24, 2.45) is 5.73 Å². The number of hydrogen-bond donors (Lipinski definition) is 1. The molecule has 2 N–H and O–H groups in total. The third-order valence-corrected chi connectivity index (χ3v) is 5.81. The molecule has 1 aliphatic carbocycles. The summed E-state index contributed by atoms with van der Waals surface area (Å²) in [4.78, 5) is 18.3. The van der Waals surface area contributed by atoms with Gasteiger partial charge in [-0.25, -0.2) is 18.3 Å². The van der Waals surface area contributed by atoms with Crippen LogP contribution in [-0.2, 0) is 0 Å². The normalized spacial score (nSPS) is 22.1. The molecule has 0 aliphatic heterocycles. The number of pyridine rings is 1. The standard InChI is InChI=1S/C17H16ClF2N5OS/c18-13-9-22-15(27-13)16(26)25(14-10(21)4-3-6-17(14,19)20)12-8-23-24-7-2-1-5-11(12)24/h1-2,5,7-10,14H,3-4,6,21H2/t10-,14-/m1/s1. The molecule has 3 heterocycles. The molecule has 0 unspecified atom stereocenters. The SMILES string of the molecule is N[C@@H]1CCCC(F)(F)[C@@H]1N(C(=O)c1ncc(Cl)s1)c1cnn2ccccc12. The molecule has 1 amide bonds. The minimum absolute atomic E-state index is 0.0313. The fourth-order valence-corrected chi connectivity index (χ4v) is 4.37. The minimum atomic E-state index is -3.13. The Morgan fingerprint density at radius 2 is 2.22 bits per heavy atom. The number of thiazole rings is 1. The molecule has 4 rings (SSSR count). The molecule has 0 spiro atoms. The van der Waals surface area contributed by atoms with Crippen LogP contribution >= 0.6 is 22.9 Å². The molecule has 1 aliphatic rings. The van der Waals surface area contributed by atoms with Gasteiger partial charge in [-0.2, -0.15) is 5.10 Å². The zero-order valence-electron chi connectivity index (χ0n) is 14.1. The predicted octanol–water partition coefficient (Wildman–Crippen LogP) is 3.61. The van der Waals surface area contributed by atoms with Crippen molar-refractivity contribution >= 4 is 40.0 Å². The van der Waals surface area contributed by atoms with Gasteiger partial charge in [0.05, 0.1) is 23.6 Å². The average molecular weight is 412 g/mol. The number of anilines is 1. The van der Waals surface area contributed by atoms with Crippen molar-refractivity contribution in [1.82, 2.24) is 14.6 Å². The van der Waals surface area contributed by atoms with Gasteiger partial charge in [-0.1, -0.05) is 29.0 Å². The smallest absolute Gasteiger partial charge is 0.287 e. The highest BCUT2D eigenvalue weighted by Crippen LogP contribution is 2.40. The maximum absolute atomic E-state index is 14.9. The Labute approximate surface area is 162 Å². The number of nitrogens with zero attached hydrogens (tertiary/aromatic N) is 4. The Balaban J connectivity index is 1.88. The predicted molar refractivity (Wildman–Crippen MR) is 99.7 cm³/mol. The molecule has 1 saturated carbocycles. The number of fused-ring (bicyclic) bond motifs is 1. The number of amides is 1. The van der Waals surface area contributed by atoms with Gasteiger partial charge in [0.2, 0.25) is 0 Å². The summed E-state index contributed by atoms with van der Waals surface area (Å²) in [6.45, 7) is 0. The van der Waals surface area contributed by atoms with E-state index in [9.17, 15) is 13.6 Å². The first-order valence-corrected chi connectivity index (χ1v) is 9.58. The second-order valence-electron chi connectivity index (χ2n) is 6.47. The maximum Gasteiger partial charge on any atom is 0.287 e. The Hall–Kier alpha value is -2.10. The van der Waals surface area contributed by atoms with Crippen LogP contribution < -0.4 is 10.6 Å². The molecule has 3 aromatic rings. The van der Waals surface area contributed by atoms with E-state index >= 15 is 0 Å². The highest BCUT2D eigenvalue weighted by Gasteiger charge is 2.51. The van der Waals surface area contributed by atoms with E-state index in [0.717, 1.165) is 16.2 Å². The molecular formula is C17H16ClF2N5OS. The summed E-state index contributed by atoms with van der Waals surface area (Å²) in [5.74, 6) is -3.79. The Kier molecular flexibility index (Phi) is 4.61. The van der Waals surface area contributed by atoms with E-state index in [1.807, 2.05) is 0 Å². The zero-order valence-corrected chi connectivity index (χ0v) is 15.6. The number of aromatic nitrogens is 3. The van der Waals surface area contributed by atoms with E-state index in [2.05, 4.69) is 10.1 Å². The summed E-state index contributed by atoms with van der Waals surface area (Å²) in [5, 5.41) is 4.21. The lowest BCUT2D eigenvalue weighted by Crippen LogP contribution is -2.61. The third kappa shape index (κ3) is 3.19. The van der Waals surface area contributed by atoms with Crippen LogP contribution in [0.25, 0.3) is 5.52 Å². The van der Waals surface area contributed by atoms with E-state index in [1.54, 1.807) is 24.4 Å². The largest absolute Gasteiger partial charge is 0.326 e. The third-order valence-electron chi connectivity index (χ3n) is 4.71. The highest BCUT2D eigenvalue weighted by atomic mass is 35.5. The molecule has 27 heavy (non-hydrogen) atoms. The van der Waals surface area contributed by atoms with E-state index in [1.165, 1.54) is 16.9 Å². The second kappa shape index (κ2) is 6.81. The van der Waals surface area contributed by atoms with E-state index in [0.29, 0.717) is 22.7 Å². The van der Waals surface area contributed by atoms with Gasteiger partial charge < -0.3 is 5.73 Å². The minimum Gasteiger partial charge on any atom is -0.326 e. The number of rotatable bonds is 3. The quantitative estimate of drug-likeness (QED) is 0.714. The molecule has 2 atom stereocenters. The molecule has 1 fully saturated rings. The van der Waals surface area contributed by atoms with Gasteiger partial charge in [0.25, 0.3) is 11.8 Å². The number of halogens is 3. The van der Waals surface area contributed by atoms with Gasteiger partial charge in [-0.05, 0) is 25.0 Å². The Morgan fingerprint density at radius 1 is 1.41 bits per heavy atom. The van der Waals surface area contributed by atoms with Crippen molar-refractivity contribution in [3.63, 3.8) is 0 Å². The summed E-state index contributed by atoms with van der Waals surface area (Å²) in [5.41, 5.74) is 6.88. The van der Waals surface area contributed by atoms with Crippen molar-refractivity contribution in [2.75, 3.05) is 4.90 Å². The second-order valence-corrected chi connectivity index (χ2v) is 8.13. The first-order valence-electron chi connectivity index (χ1n) is 8.39. The molecule has 0 aromatic carbocycles. The molecule has 142 valence electrons. The summed E-state index contributed by atoms with van der Waals surface area (Å²) >= 11 is 6.84. The lowest BCUT2D eigenvalue weighted by atomic mass is 9.86. The molecule has 10 heteroatoms. The van der Waals surface area contributed by atoms with Crippen LogP contribution in [0.4, 0.5) is 14.5 Å². The lowest BCUT2D eigenvalue weighted by Gasteiger charge is -2.42. The van der Waals surface area contributed by atoms with Crippen LogP contribution in [0, 0.1) is 0 Å². The summed E-state index contributed by atoms with van der Waals surface area (Å²) in [6.07, 6.45) is 4.80. The first-order chi connectivity index (χ1) is 12.9. The molecule has 6 nitrogen and oxygen atoms in total. The zero-order chi connectivity index (χ0) is 19.2. The summed E-state index contributed by atoms with van der Waals surface area (Å²) < 4.78 is 31.6. The van der Waals surface area contributed by atoms with Crippen LogP contribution in [0.3, 0.4) is 0 Å². The van der Waals surface area contributed by atoms with Crippen molar-refractivity contribution in [3.05, 3.63) is 46.1 Å². The monoisotopic (exact) mass is 411 g/mol. The molecular weight excluding hydrogens is 396 g/mol. The summed E-state index contributed by atoms with van der Waals surface area (Å²) in [6, 6.07) is 2.87.